The van der Waals surface area contributed by atoms with Gasteiger partial charge in [0, 0.05) is 5.69 Å². The zero-order valence-corrected chi connectivity index (χ0v) is 21.1. The number of anilines is 3. The van der Waals surface area contributed by atoms with Crippen LogP contribution in [-0.2, 0) is 11.3 Å². The lowest BCUT2D eigenvalue weighted by Gasteiger charge is -2.10. The van der Waals surface area contributed by atoms with Gasteiger partial charge in [-0.15, -0.1) is 12.8 Å². The summed E-state index contributed by atoms with van der Waals surface area (Å²) in [6.07, 6.45) is 9.25. The molecule has 0 atom stereocenters. The van der Waals surface area contributed by atoms with E-state index < -0.39 is 0 Å². The molecule has 8 heteroatoms. The third-order valence-electron chi connectivity index (χ3n) is 3.57. The Bertz CT molecular complexity index is 872. The van der Waals surface area contributed by atoms with Crippen molar-refractivity contribution in [1.29, 1.82) is 0 Å². The Hall–Kier alpha value is -3.15. The minimum Gasteiger partial charge on any atom is -0.465 e. The summed E-state index contributed by atoms with van der Waals surface area (Å²) in [5, 5.41) is 9.35. The van der Waals surface area contributed by atoms with Crippen molar-refractivity contribution in [3.8, 4) is 12.8 Å². The predicted molar refractivity (Wildman–Crippen MR) is 138 cm³/mol. The van der Waals surface area contributed by atoms with Crippen LogP contribution in [0.4, 0.5) is 17.3 Å². The number of furan rings is 1. The number of carbonyl (C=O) groups is 1. The molecule has 0 radical (unpaired) electrons. The summed E-state index contributed by atoms with van der Waals surface area (Å²) in [6, 6.07) is 10.1. The standard InChI is InChI=1S/C16H18N4OS.C3H8.C2H7N.C2H2.CH2O/c1-10-5-4-6-14(12(10)3)18-16-15(19-22-20-16)17-9-13-8-7-11(2)21-13;2*1-3-2;2*1-2/h4-8H,9H2,1-3H3,(H,17,19)(H,18,20);3H2,1-2H3;3H,1-2H3;1-2H;1H2. The first kappa shape index (κ1) is 31.0. The van der Waals surface area contributed by atoms with E-state index in [4.69, 9.17) is 9.21 Å². The van der Waals surface area contributed by atoms with Crippen LogP contribution >= 0.6 is 11.7 Å². The number of aromatic nitrogens is 2. The van der Waals surface area contributed by atoms with Crippen LogP contribution < -0.4 is 16.0 Å². The van der Waals surface area contributed by atoms with Crippen LogP contribution in [0, 0.1) is 33.6 Å². The van der Waals surface area contributed by atoms with Gasteiger partial charge in [0.1, 0.15) is 18.3 Å². The summed E-state index contributed by atoms with van der Waals surface area (Å²) in [7, 11) is 3.75. The molecule has 0 aliphatic carbocycles. The second kappa shape index (κ2) is 19.8. The maximum absolute atomic E-state index is 8.00. The average Bonchev–Trinajstić information content (AvgIpc) is 3.42. The Morgan fingerprint density at radius 2 is 1.56 bits per heavy atom. The normalized spacial score (nSPS) is 8.66. The summed E-state index contributed by atoms with van der Waals surface area (Å²) in [4.78, 5) is 8.00. The van der Waals surface area contributed by atoms with E-state index in [-0.39, 0.29) is 0 Å². The van der Waals surface area contributed by atoms with Crippen LogP contribution in [0.1, 0.15) is 42.9 Å². The van der Waals surface area contributed by atoms with E-state index in [1.54, 1.807) is 0 Å². The zero-order valence-electron chi connectivity index (χ0n) is 20.3. The lowest BCUT2D eigenvalue weighted by Crippen LogP contribution is -2.02. The predicted octanol–water partition coefficient (Wildman–Crippen LogP) is 5.73. The van der Waals surface area contributed by atoms with Gasteiger partial charge in [-0.2, -0.15) is 8.75 Å². The van der Waals surface area contributed by atoms with E-state index in [0.29, 0.717) is 6.54 Å². The summed E-state index contributed by atoms with van der Waals surface area (Å²) in [5.74, 6) is 3.26. The first-order chi connectivity index (χ1) is 15.5. The summed E-state index contributed by atoms with van der Waals surface area (Å²) < 4.78 is 14.2. The highest BCUT2D eigenvalue weighted by atomic mass is 32.1. The average molecular weight is 460 g/mol. The van der Waals surface area contributed by atoms with Crippen molar-refractivity contribution in [2.24, 2.45) is 0 Å². The molecule has 0 aliphatic rings. The molecule has 0 bridgehead atoms. The zero-order chi connectivity index (χ0) is 24.9. The molecule has 32 heavy (non-hydrogen) atoms. The van der Waals surface area contributed by atoms with E-state index >= 15 is 0 Å². The quantitative estimate of drug-likeness (QED) is 0.420. The van der Waals surface area contributed by atoms with E-state index in [0.717, 1.165) is 28.8 Å². The molecule has 2 aromatic heterocycles. The molecule has 3 N–H and O–H groups in total. The maximum Gasteiger partial charge on any atom is 0.188 e. The first-order valence-electron chi connectivity index (χ1n) is 10.1. The van der Waals surface area contributed by atoms with Crippen LogP contribution in [0.15, 0.2) is 34.7 Å². The minimum absolute atomic E-state index is 0.584. The number of nitrogens with one attached hydrogen (secondary N) is 3. The number of benzene rings is 1. The van der Waals surface area contributed by atoms with Crippen LogP contribution in [0.2, 0.25) is 0 Å². The number of carbonyl (C=O) groups excluding carboxylic acids is 1. The van der Waals surface area contributed by atoms with Crippen LogP contribution in [0.5, 0.6) is 0 Å². The van der Waals surface area contributed by atoms with Crippen LogP contribution in [-0.4, -0.2) is 29.6 Å². The van der Waals surface area contributed by atoms with Gasteiger partial charge in [0.25, 0.3) is 0 Å². The van der Waals surface area contributed by atoms with Crippen molar-refractivity contribution in [2.45, 2.75) is 47.6 Å². The smallest absolute Gasteiger partial charge is 0.188 e. The van der Waals surface area contributed by atoms with Crippen molar-refractivity contribution in [2.75, 3.05) is 24.7 Å². The van der Waals surface area contributed by atoms with E-state index in [1.807, 2.05) is 52.1 Å². The summed E-state index contributed by atoms with van der Waals surface area (Å²) >= 11 is 1.18. The Kier molecular flexibility index (Phi) is 19.2. The number of terminal acetylenes is 1. The molecule has 176 valence electrons. The maximum atomic E-state index is 8.00. The number of hydrogen-bond donors (Lipinski definition) is 3. The van der Waals surface area contributed by atoms with Gasteiger partial charge in [0.2, 0.25) is 0 Å². The van der Waals surface area contributed by atoms with Crippen LogP contribution in [0.25, 0.3) is 0 Å². The molecule has 0 aliphatic heterocycles. The lowest BCUT2D eigenvalue weighted by atomic mass is 10.1. The lowest BCUT2D eigenvalue weighted by molar-refractivity contribution is -0.0979. The molecule has 0 unspecified atom stereocenters. The minimum atomic E-state index is 0.584. The van der Waals surface area contributed by atoms with Gasteiger partial charge in [-0.25, -0.2) is 0 Å². The molecular weight excluding hydrogens is 422 g/mol. The van der Waals surface area contributed by atoms with Gasteiger partial charge in [0.05, 0.1) is 18.3 Å². The number of rotatable bonds is 5. The molecule has 3 rings (SSSR count). The number of aryl methyl sites for hydroxylation is 2. The molecule has 0 amide bonds. The molecule has 0 saturated heterocycles. The fourth-order valence-electron chi connectivity index (χ4n) is 2.15. The van der Waals surface area contributed by atoms with Crippen molar-refractivity contribution >= 4 is 35.8 Å². The van der Waals surface area contributed by atoms with Crippen molar-refractivity contribution < 1.29 is 9.21 Å². The van der Waals surface area contributed by atoms with E-state index in [1.165, 1.54) is 29.3 Å². The molecule has 0 saturated carbocycles. The molecule has 0 spiro atoms. The largest absolute Gasteiger partial charge is 0.465 e. The first-order valence-corrected chi connectivity index (χ1v) is 10.8. The van der Waals surface area contributed by atoms with Crippen molar-refractivity contribution in [3.63, 3.8) is 0 Å². The SMILES string of the molecule is C#C.C=O.CCC.CNC.Cc1ccc(CNc2nsnc2Nc2cccc(C)c2C)o1. The van der Waals surface area contributed by atoms with Gasteiger partial charge < -0.3 is 25.2 Å². The molecule has 0 fully saturated rings. The highest BCUT2D eigenvalue weighted by Gasteiger charge is 2.10. The second-order valence-corrected chi connectivity index (χ2v) is 6.94. The molecule has 7 nitrogen and oxygen atoms in total. The second-order valence-electron chi connectivity index (χ2n) is 6.41. The van der Waals surface area contributed by atoms with Gasteiger partial charge in [-0.1, -0.05) is 32.4 Å². The Balaban J connectivity index is 0. The monoisotopic (exact) mass is 459 g/mol. The fourth-order valence-corrected chi connectivity index (χ4v) is 2.64. The third-order valence-corrected chi connectivity index (χ3v) is 4.10. The van der Waals surface area contributed by atoms with Gasteiger partial charge in [-0.05, 0) is 64.2 Å². The fraction of sp³-hybridized carbons (Fsp3) is 0.375. The number of nitrogens with zero attached hydrogens (tertiary/aromatic N) is 2. The highest BCUT2D eigenvalue weighted by Crippen LogP contribution is 2.27. The summed E-state index contributed by atoms with van der Waals surface area (Å²) in [6.45, 7) is 13.0. The molecular formula is C24H37N5O2S. The van der Waals surface area contributed by atoms with Gasteiger partial charge >= 0.3 is 0 Å². The molecule has 3 aromatic rings. The number of hydrogen-bond acceptors (Lipinski definition) is 8. The van der Waals surface area contributed by atoms with Crippen molar-refractivity contribution in [1.82, 2.24) is 14.1 Å². The van der Waals surface area contributed by atoms with Crippen molar-refractivity contribution in [3.05, 3.63) is 53.0 Å². The van der Waals surface area contributed by atoms with Crippen LogP contribution in [0.3, 0.4) is 0 Å². The Morgan fingerprint density at radius 1 is 1.00 bits per heavy atom. The third kappa shape index (κ3) is 11.9. The highest BCUT2D eigenvalue weighted by molar-refractivity contribution is 6.99. The van der Waals surface area contributed by atoms with E-state index in [2.05, 4.69) is 71.3 Å². The summed E-state index contributed by atoms with van der Waals surface area (Å²) in [5.41, 5.74) is 3.50. The van der Waals surface area contributed by atoms with E-state index in [9.17, 15) is 0 Å². The van der Waals surface area contributed by atoms with Gasteiger partial charge in [0.15, 0.2) is 11.6 Å². The molecule has 2 heterocycles. The topological polar surface area (TPSA) is 92.1 Å². The van der Waals surface area contributed by atoms with Gasteiger partial charge in [-0.3, -0.25) is 0 Å². The molecule has 1 aromatic carbocycles. The Morgan fingerprint density at radius 3 is 2.09 bits per heavy atom. The Labute approximate surface area is 197 Å².